The standard InChI is InChI=1S/C14H10ClNO4/c15-12-6-5-11(13(7-12)16(18)19)9-20-14-4-2-1-3-10(14)8-17/h1-8H,9H2. The maximum atomic E-state index is 10.9. The van der Waals surface area contributed by atoms with Crippen molar-refractivity contribution in [2.75, 3.05) is 0 Å². The zero-order chi connectivity index (χ0) is 14.5. The van der Waals surface area contributed by atoms with Crippen LogP contribution in [-0.4, -0.2) is 11.2 Å². The molecule has 0 bridgehead atoms. The Hall–Kier alpha value is -2.40. The predicted molar refractivity (Wildman–Crippen MR) is 74.3 cm³/mol. The summed E-state index contributed by atoms with van der Waals surface area (Å²) in [5.74, 6) is 0.381. The van der Waals surface area contributed by atoms with Gasteiger partial charge < -0.3 is 4.74 Å². The minimum Gasteiger partial charge on any atom is -0.488 e. The van der Waals surface area contributed by atoms with E-state index in [1.54, 1.807) is 30.3 Å². The first kappa shape index (κ1) is 14.0. The van der Waals surface area contributed by atoms with E-state index in [1.807, 2.05) is 0 Å². The molecule has 0 aliphatic carbocycles. The number of hydrogen-bond acceptors (Lipinski definition) is 4. The highest BCUT2D eigenvalue weighted by atomic mass is 35.5. The summed E-state index contributed by atoms with van der Waals surface area (Å²) in [6.45, 7) is -0.0155. The number of benzene rings is 2. The number of carbonyl (C=O) groups excluding carboxylic acids is 1. The first-order chi connectivity index (χ1) is 9.61. The average Bonchev–Trinajstić information content (AvgIpc) is 2.46. The Labute approximate surface area is 119 Å². The minimum absolute atomic E-state index is 0.0155. The van der Waals surface area contributed by atoms with Gasteiger partial charge in [0.15, 0.2) is 6.29 Å². The maximum absolute atomic E-state index is 10.9. The van der Waals surface area contributed by atoms with Gasteiger partial charge in [-0.2, -0.15) is 0 Å². The summed E-state index contributed by atoms with van der Waals surface area (Å²) in [6.07, 6.45) is 0.672. The highest BCUT2D eigenvalue weighted by molar-refractivity contribution is 6.30. The van der Waals surface area contributed by atoms with E-state index in [4.69, 9.17) is 16.3 Å². The highest BCUT2D eigenvalue weighted by Gasteiger charge is 2.15. The smallest absolute Gasteiger partial charge is 0.277 e. The molecule has 0 saturated carbocycles. The number of nitro groups is 1. The van der Waals surface area contributed by atoms with Crippen LogP contribution in [-0.2, 0) is 6.61 Å². The van der Waals surface area contributed by atoms with Crippen molar-refractivity contribution in [2.45, 2.75) is 6.61 Å². The third-order valence-electron chi connectivity index (χ3n) is 2.67. The van der Waals surface area contributed by atoms with Gasteiger partial charge in [0.05, 0.1) is 16.1 Å². The number of rotatable bonds is 5. The molecular weight excluding hydrogens is 282 g/mol. The summed E-state index contributed by atoms with van der Waals surface area (Å²) in [4.78, 5) is 21.3. The van der Waals surface area contributed by atoms with Crippen LogP contribution in [0.25, 0.3) is 0 Å². The SMILES string of the molecule is O=Cc1ccccc1OCc1ccc(Cl)cc1[N+](=O)[O-]. The normalized spacial score (nSPS) is 10.1. The summed E-state index contributed by atoms with van der Waals surface area (Å²) in [7, 11) is 0. The molecule has 0 aliphatic heterocycles. The van der Waals surface area contributed by atoms with Crippen LogP contribution in [0.3, 0.4) is 0 Å². The Balaban J connectivity index is 2.23. The van der Waals surface area contributed by atoms with E-state index in [0.717, 1.165) is 0 Å². The monoisotopic (exact) mass is 291 g/mol. The van der Waals surface area contributed by atoms with Crippen LogP contribution in [0, 0.1) is 10.1 Å². The van der Waals surface area contributed by atoms with E-state index in [2.05, 4.69) is 0 Å². The van der Waals surface area contributed by atoms with Crippen LogP contribution < -0.4 is 4.74 Å². The second kappa shape index (κ2) is 6.16. The predicted octanol–water partition coefficient (Wildman–Crippen LogP) is 3.64. The molecule has 0 heterocycles. The lowest BCUT2D eigenvalue weighted by Gasteiger charge is -2.08. The molecule has 2 rings (SSSR count). The number of carbonyl (C=O) groups is 1. The second-order valence-corrected chi connectivity index (χ2v) is 4.41. The number of ether oxygens (including phenoxy) is 1. The summed E-state index contributed by atoms with van der Waals surface area (Å²) in [5, 5.41) is 11.2. The highest BCUT2D eigenvalue weighted by Crippen LogP contribution is 2.25. The van der Waals surface area contributed by atoms with E-state index in [0.29, 0.717) is 23.2 Å². The third-order valence-corrected chi connectivity index (χ3v) is 2.91. The summed E-state index contributed by atoms with van der Waals surface area (Å²) < 4.78 is 5.47. The van der Waals surface area contributed by atoms with Crippen molar-refractivity contribution < 1.29 is 14.5 Å². The van der Waals surface area contributed by atoms with Gasteiger partial charge in [0.2, 0.25) is 0 Å². The molecule has 0 unspecified atom stereocenters. The van der Waals surface area contributed by atoms with Gasteiger partial charge in [-0.3, -0.25) is 14.9 Å². The van der Waals surface area contributed by atoms with Crippen molar-refractivity contribution in [1.29, 1.82) is 0 Å². The lowest BCUT2D eigenvalue weighted by atomic mass is 10.2. The summed E-state index contributed by atoms with van der Waals surface area (Å²) >= 11 is 5.73. The molecule has 2 aromatic carbocycles. The van der Waals surface area contributed by atoms with Crippen LogP contribution in [0.5, 0.6) is 5.75 Å². The molecule has 2 aromatic rings. The largest absolute Gasteiger partial charge is 0.488 e. The molecule has 0 aliphatic rings. The Morgan fingerprint density at radius 1 is 1.25 bits per heavy atom. The molecule has 0 spiro atoms. The van der Waals surface area contributed by atoms with Gasteiger partial charge in [0, 0.05) is 11.1 Å². The van der Waals surface area contributed by atoms with Crippen LogP contribution in [0.1, 0.15) is 15.9 Å². The molecule has 6 heteroatoms. The Morgan fingerprint density at radius 2 is 2.00 bits per heavy atom. The van der Waals surface area contributed by atoms with Crippen molar-refractivity contribution in [1.82, 2.24) is 0 Å². The van der Waals surface area contributed by atoms with Crippen molar-refractivity contribution in [3.8, 4) is 5.75 Å². The first-order valence-electron chi connectivity index (χ1n) is 5.71. The molecule has 0 amide bonds. The molecule has 0 aromatic heterocycles. The molecular formula is C14H10ClNO4. The number of nitrogens with zero attached hydrogens (tertiary/aromatic N) is 1. The number of hydrogen-bond donors (Lipinski definition) is 0. The van der Waals surface area contributed by atoms with Crippen LogP contribution in [0.2, 0.25) is 5.02 Å². The lowest BCUT2D eigenvalue weighted by molar-refractivity contribution is -0.385. The molecule has 0 radical (unpaired) electrons. The van der Waals surface area contributed by atoms with Gasteiger partial charge in [0.25, 0.3) is 5.69 Å². The van der Waals surface area contributed by atoms with Crippen LogP contribution >= 0.6 is 11.6 Å². The summed E-state index contributed by atoms with van der Waals surface area (Å²) in [6, 6.07) is 11.0. The van der Waals surface area contributed by atoms with Crippen molar-refractivity contribution in [2.24, 2.45) is 0 Å². The third kappa shape index (κ3) is 3.13. The zero-order valence-electron chi connectivity index (χ0n) is 10.3. The van der Waals surface area contributed by atoms with E-state index in [1.165, 1.54) is 12.1 Å². The van der Waals surface area contributed by atoms with E-state index >= 15 is 0 Å². The average molecular weight is 292 g/mol. The molecule has 0 fully saturated rings. The first-order valence-corrected chi connectivity index (χ1v) is 6.09. The van der Waals surface area contributed by atoms with Crippen LogP contribution in [0.4, 0.5) is 5.69 Å². The molecule has 0 N–H and O–H groups in total. The van der Waals surface area contributed by atoms with E-state index < -0.39 is 4.92 Å². The van der Waals surface area contributed by atoms with Gasteiger partial charge in [-0.25, -0.2) is 0 Å². The zero-order valence-corrected chi connectivity index (χ0v) is 11.0. The number of aldehydes is 1. The summed E-state index contributed by atoms with van der Waals surface area (Å²) in [5.41, 5.74) is 0.672. The second-order valence-electron chi connectivity index (χ2n) is 3.97. The van der Waals surface area contributed by atoms with Crippen molar-refractivity contribution in [3.63, 3.8) is 0 Å². The molecule has 102 valence electrons. The Kier molecular flexibility index (Phi) is 4.32. The number of para-hydroxylation sites is 1. The minimum atomic E-state index is -0.518. The number of halogens is 1. The van der Waals surface area contributed by atoms with Crippen molar-refractivity contribution >= 4 is 23.6 Å². The Bertz CT molecular complexity index is 657. The fourth-order valence-electron chi connectivity index (χ4n) is 1.69. The quantitative estimate of drug-likeness (QED) is 0.479. The van der Waals surface area contributed by atoms with Gasteiger partial charge in [0.1, 0.15) is 12.4 Å². The van der Waals surface area contributed by atoms with E-state index in [-0.39, 0.29) is 17.3 Å². The number of nitro benzene ring substituents is 1. The van der Waals surface area contributed by atoms with Gasteiger partial charge in [-0.15, -0.1) is 0 Å². The molecule has 20 heavy (non-hydrogen) atoms. The van der Waals surface area contributed by atoms with Gasteiger partial charge in [-0.1, -0.05) is 23.7 Å². The fraction of sp³-hybridized carbons (Fsp3) is 0.0714. The molecule has 0 atom stereocenters. The lowest BCUT2D eigenvalue weighted by Crippen LogP contribution is -2.02. The molecule has 0 saturated heterocycles. The Morgan fingerprint density at radius 3 is 2.70 bits per heavy atom. The van der Waals surface area contributed by atoms with Crippen molar-refractivity contribution in [3.05, 3.63) is 68.7 Å². The topological polar surface area (TPSA) is 69.4 Å². The fourth-order valence-corrected chi connectivity index (χ4v) is 1.86. The van der Waals surface area contributed by atoms with Gasteiger partial charge >= 0.3 is 0 Å². The maximum Gasteiger partial charge on any atom is 0.277 e. The van der Waals surface area contributed by atoms with Gasteiger partial charge in [-0.05, 0) is 24.3 Å². The molecule has 5 nitrogen and oxygen atoms in total. The van der Waals surface area contributed by atoms with Crippen LogP contribution in [0.15, 0.2) is 42.5 Å². The van der Waals surface area contributed by atoms with E-state index in [9.17, 15) is 14.9 Å².